The average molecular weight is 447 g/mol. The number of aromatic hydroxyl groups is 1. The third-order valence-electron chi connectivity index (χ3n) is 5.20. The molecule has 0 aromatic heterocycles. The first-order chi connectivity index (χ1) is 14.7. The van der Waals surface area contributed by atoms with Crippen LogP contribution in [0.4, 0.5) is 5.69 Å². The van der Waals surface area contributed by atoms with E-state index in [2.05, 4.69) is 5.32 Å². The number of esters is 1. The number of nitrogens with one attached hydrogen (secondary N) is 1. The molecule has 31 heavy (non-hydrogen) atoms. The molecular formula is C22H26N2O6S. The second-order valence-corrected chi connectivity index (χ2v) is 9.45. The molecule has 0 unspecified atom stereocenters. The number of piperidine rings is 1. The highest BCUT2D eigenvalue weighted by Crippen LogP contribution is 2.26. The molecule has 0 aliphatic carbocycles. The van der Waals surface area contributed by atoms with Crippen LogP contribution >= 0.6 is 0 Å². The first kappa shape index (κ1) is 22.8. The number of nitrogens with zero attached hydrogens (tertiary/aromatic N) is 1. The van der Waals surface area contributed by atoms with Gasteiger partial charge < -0.3 is 15.2 Å². The predicted molar refractivity (Wildman–Crippen MR) is 116 cm³/mol. The van der Waals surface area contributed by atoms with E-state index in [-0.39, 0.29) is 16.2 Å². The maximum absolute atomic E-state index is 13.0. The minimum absolute atomic E-state index is 0.0296. The van der Waals surface area contributed by atoms with E-state index in [1.54, 1.807) is 38.1 Å². The van der Waals surface area contributed by atoms with Gasteiger partial charge in [-0.1, -0.05) is 24.6 Å². The van der Waals surface area contributed by atoms with Crippen LogP contribution in [0.5, 0.6) is 5.75 Å². The van der Waals surface area contributed by atoms with Crippen molar-refractivity contribution in [1.29, 1.82) is 0 Å². The summed E-state index contributed by atoms with van der Waals surface area (Å²) in [5.41, 5.74) is 1.37. The maximum Gasteiger partial charge on any atom is 0.342 e. The molecular weight excluding hydrogens is 420 g/mol. The smallest absolute Gasteiger partial charge is 0.342 e. The first-order valence-electron chi connectivity index (χ1n) is 10.1. The summed E-state index contributed by atoms with van der Waals surface area (Å²) in [5.74, 6) is -1.64. The molecule has 2 N–H and O–H groups in total. The highest BCUT2D eigenvalue weighted by atomic mass is 32.2. The third kappa shape index (κ3) is 5.23. The number of phenolic OH excluding ortho intramolecular Hbond substituents is 1. The number of para-hydroxylation sites is 1. The number of benzene rings is 2. The van der Waals surface area contributed by atoms with E-state index in [0.717, 1.165) is 19.3 Å². The number of ether oxygens (including phenoxy) is 1. The fourth-order valence-electron chi connectivity index (χ4n) is 3.43. The number of rotatable bonds is 6. The lowest BCUT2D eigenvalue weighted by molar-refractivity contribution is -0.119. The van der Waals surface area contributed by atoms with Gasteiger partial charge in [0.15, 0.2) is 6.61 Å². The molecule has 1 fully saturated rings. The Balaban J connectivity index is 1.67. The lowest BCUT2D eigenvalue weighted by Gasteiger charge is -2.26. The summed E-state index contributed by atoms with van der Waals surface area (Å²) < 4.78 is 32.4. The van der Waals surface area contributed by atoms with E-state index < -0.39 is 28.5 Å². The van der Waals surface area contributed by atoms with Crippen molar-refractivity contribution in [2.45, 2.75) is 38.0 Å². The van der Waals surface area contributed by atoms with Crippen molar-refractivity contribution in [3.05, 3.63) is 53.1 Å². The van der Waals surface area contributed by atoms with Gasteiger partial charge in [0.25, 0.3) is 5.91 Å². The van der Waals surface area contributed by atoms with Crippen LogP contribution < -0.4 is 5.32 Å². The minimum atomic E-state index is -3.65. The number of amides is 1. The highest BCUT2D eigenvalue weighted by Gasteiger charge is 2.27. The Morgan fingerprint density at radius 1 is 1.06 bits per heavy atom. The van der Waals surface area contributed by atoms with E-state index in [1.807, 2.05) is 0 Å². The second kappa shape index (κ2) is 9.49. The van der Waals surface area contributed by atoms with E-state index in [4.69, 9.17) is 4.74 Å². The molecule has 1 heterocycles. The predicted octanol–water partition coefficient (Wildman–Crippen LogP) is 2.98. The molecule has 0 radical (unpaired) electrons. The van der Waals surface area contributed by atoms with E-state index in [0.29, 0.717) is 29.9 Å². The Hall–Kier alpha value is -2.91. The van der Waals surface area contributed by atoms with Crippen molar-refractivity contribution >= 4 is 27.6 Å². The molecule has 0 atom stereocenters. The third-order valence-corrected chi connectivity index (χ3v) is 7.24. The zero-order valence-electron chi connectivity index (χ0n) is 17.6. The van der Waals surface area contributed by atoms with Crippen LogP contribution in [0.15, 0.2) is 41.3 Å². The van der Waals surface area contributed by atoms with Crippen molar-refractivity contribution in [1.82, 2.24) is 4.31 Å². The number of phenols is 1. The van der Waals surface area contributed by atoms with Gasteiger partial charge in [-0.05, 0) is 56.0 Å². The molecule has 1 saturated heterocycles. The van der Waals surface area contributed by atoms with Crippen molar-refractivity contribution < 1.29 is 27.9 Å². The van der Waals surface area contributed by atoms with Crippen molar-refractivity contribution in [3.8, 4) is 5.75 Å². The van der Waals surface area contributed by atoms with Crippen LogP contribution in [0, 0.1) is 13.8 Å². The van der Waals surface area contributed by atoms with Gasteiger partial charge in [0.05, 0.1) is 4.90 Å². The lowest BCUT2D eigenvalue weighted by atomic mass is 10.1. The van der Waals surface area contributed by atoms with Crippen LogP contribution in [-0.2, 0) is 19.6 Å². The number of sulfonamides is 1. The molecule has 3 rings (SSSR count). The molecule has 0 saturated carbocycles. The van der Waals surface area contributed by atoms with E-state index in [1.165, 1.54) is 16.4 Å². The normalized spacial score (nSPS) is 14.8. The number of hydrogen-bond donors (Lipinski definition) is 2. The van der Waals surface area contributed by atoms with Gasteiger partial charge in [0, 0.05) is 18.8 Å². The van der Waals surface area contributed by atoms with Crippen molar-refractivity contribution in [2.24, 2.45) is 0 Å². The average Bonchev–Trinajstić information content (AvgIpc) is 2.76. The topological polar surface area (TPSA) is 113 Å². The SMILES string of the molecule is Cc1ccc(NC(=O)COC(=O)c2cccc(C)c2O)cc1S(=O)(=O)N1CCCCC1. The molecule has 1 aliphatic rings. The maximum atomic E-state index is 13.0. The fourth-order valence-corrected chi connectivity index (χ4v) is 5.20. The molecule has 1 amide bonds. The summed E-state index contributed by atoms with van der Waals surface area (Å²) in [6, 6.07) is 9.29. The van der Waals surface area contributed by atoms with Gasteiger partial charge in [-0.3, -0.25) is 4.79 Å². The largest absolute Gasteiger partial charge is 0.507 e. The molecule has 8 nitrogen and oxygen atoms in total. The number of carbonyl (C=O) groups is 2. The number of aryl methyl sites for hydroxylation is 2. The number of hydrogen-bond acceptors (Lipinski definition) is 6. The Labute approximate surface area is 181 Å². The zero-order valence-corrected chi connectivity index (χ0v) is 18.4. The quantitative estimate of drug-likeness (QED) is 0.660. The Bertz CT molecular complexity index is 1090. The summed E-state index contributed by atoms with van der Waals surface area (Å²) >= 11 is 0. The summed E-state index contributed by atoms with van der Waals surface area (Å²) in [4.78, 5) is 24.5. The first-order valence-corrected chi connectivity index (χ1v) is 11.5. The van der Waals surface area contributed by atoms with Crippen LogP contribution in [0.1, 0.15) is 40.7 Å². The van der Waals surface area contributed by atoms with Crippen molar-refractivity contribution in [3.63, 3.8) is 0 Å². The minimum Gasteiger partial charge on any atom is -0.507 e. The molecule has 2 aromatic carbocycles. The van der Waals surface area contributed by atoms with Gasteiger partial charge >= 0.3 is 5.97 Å². The van der Waals surface area contributed by atoms with Gasteiger partial charge in [-0.15, -0.1) is 0 Å². The lowest BCUT2D eigenvalue weighted by Crippen LogP contribution is -2.36. The molecule has 0 spiro atoms. The molecule has 166 valence electrons. The summed E-state index contributed by atoms with van der Waals surface area (Å²) in [7, 11) is -3.65. The summed E-state index contributed by atoms with van der Waals surface area (Å²) in [5, 5.41) is 12.5. The van der Waals surface area contributed by atoms with Gasteiger partial charge in [-0.25, -0.2) is 13.2 Å². The fraction of sp³-hybridized carbons (Fsp3) is 0.364. The standard InChI is InChI=1S/C22H26N2O6S/c1-15-9-10-17(13-19(15)31(28,29)24-11-4-3-5-12-24)23-20(25)14-30-22(27)18-8-6-7-16(2)21(18)26/h6-10,13,26H,3-5,11-12,14H2,1-2H3,(H,23,25). The molecule has 0 bridgehead atoms. The summed E-state index contributed by atoms with van der Waals surface area (Å²) in [6.07, 6.45) is 2.67. The molecule has 9 heteroatoms. The van der Waals surface area contributed by atoms with Crippen LogP contribution in [0.2, 0.25) is 0 Å². The van der Waals surface area contributed by atoms with E-state index in [9.17, 15) is 23.1 Å². The van der Waals surface area contributed by atoms with Crippen LogP contribution in [0.25, 0.3) is 0 Å². The van der Waals surface area contributed by atoms with Crippen LogP contribution in [0.3, 0.4) is 0 Å². The second-order valence-electron chi connectivity index (χ2n) is 7.54. The van der Waals surface area contributed by atoms with Crippen molar-refractivity contribution in [2.75, 3.05) is 25.0 Å². The monoisotopic (exact) mass is 446 g/mol. The Morgan fingerprint density at radius 2 is 1.77 bits per heavy atom. The van der Waals surface area contributed by atoms with Gasteiger partial charge in [0.2, 0.25) is 10.0 Å². The molecule has 2 aromatic rings. The number of anilines is 1. The van der Waals surface area contributed by atoms with Gasteiger partial charge in [-0.2, -0.15) is 4.31 Å². The summed E-state index contributed by atoms with van der Waals surface area (Å²) in [6.45, 7) is 3.75. The van der Waals surface area contributed by atoms with Crippen LogP contribution in [-0.4, -0.2) is 49.4 Å². The van der Waals surface area contributed by atoms with E-state index >= 15 is 0 Å². The Morgan fingerprint density at radius 3 is 2.48 bits per heavy atom. The molecule has 1 aliphatic heterocycles. The Kier molecular flexibility index (Phi) is 6.97. The highest BCUT2D eigenvalue weighted by molar-refractivity contribution is 7.89. The number of carbonyl (C=O) groups excluding carboxylic acids is 2. The van der Waals surface area contributed by atoms with Gasteiger partial charge in [0.1, 0.15) is 11.3 Å². The zero-order chi connectivity index (χ0) is 22.6.